The molecule has 1 rings (SSSR count). The molecule has 0 radical (unpaired) electrons. The minimum atomic E-state index is -0.740. The van der Waals surface area contributed by atoms with Gasteiger partial charge in [0.2, 0.25) is 0 Å². The average Bonchev–Trinajstić information content (AvgIpc) is 2.51. The highest BCUT2D eigenvalue weighted by atomic mass is 35.5. The second kappa shape index (κ2) is 5.09. The first-order chi connectivity index (χ1) is 6.18. The maximum atomic E-state index is 10.8. The van der Waals surface area contributed by atoms with Crippen molar-refractivity contribution >= 4 is 29.1 Å². The van der Waals surface area contributed by atoms with E-state index in [-0.39, 0.29) is 6.61 Å². The molecule has 0 bridgehead atoms. The first-order valence-electron chi connectivity index (χ1n) is 3.68. The molecule has 0 N–H and O–H groups in total. The van der Waals surface area contributed by atoms with Gasteiger partial charge in [0.15, 0.2) is 5.56 Å². The predicted molar refractivity (Wildman–Crippen MR) is 50.9 cm³/mol. The van der Waals surface area contributed by atoms with Crippen molar-refractivity contribution in [3.05, 3.63) is 22.4 Å². The minimum Gasteiger partial charge on any atom is -0.429 e. The highest BCUT2D eigenvalue weighted by molar-refractivity contribution is 7.09. The smallest absolute Gasteiger partial charge is 0.429 e. The number of rotatable bonds is 3. The van der Waals surface area contributed by atoms with Crippen LogP contribution in [0.4, 0.5) is 4.79 Å². The summed E-state index contributed by atoms with van der Waals surface area (Å²) in [5.74, 6) is 0. The lowest BCUT2D eigenvalue weighted by molar-refractivity contribution is 0.0451. The average molecular weight is 221 g/mol. The maximum Gasteiger partial charge on any atom is 0.510 e. The molecule has 13 heavy (non-hydrogen) atoms. The molecule has 0 fully saturated rings. The molecule has 0 aromatic carbocycles. The quantitative estimate of drug-likeness (QED) is 0.580. The molecule has 0 aliphatic carbocycles. The Hall–Kier alpha value is -0.740. The lowest BCUT2D eigenvalue weighted by Gasteiger charge is -2.05. The molecule has 0 aliphatic rings. The Kier molecular flexibility index (Phi) is 4.05. The van der Waals surface area contributed by atoms with Crippen molar-refractivity contribution in [3.63, 3.8) is 0 Å². The lowest BCUT2D eigenvalue weighted by Crippen LogP contribution is -2.10. The third-order valence-corrected chi connectivity index (χ3v) is 2.11. The van der Waals surface area contributed by atoms with Gasteiger partial charge in [-0.15, -0.1) is 11.3 Å². The fraction of sp³-hybridized carbons (Fsp3) is 0.375. The van der Waals surface area contributed by atoms with E-state index < -0.39 is 11.7 Å². The van der Waals surface area contributed by atoms with Crippen molar-refractivity contribution in [2.75, 3.05) is 0 Å². The van der Waals surface area contributed by atoms with E-state index in [1.54, 1.807) is 6.92 Å². The van der Waals surface area contributed by atoms with Crippen molar-refractivity contribution in [2.45, 2.75) is 19.1 Å². The molecule has 3 nitrogen and oxygen atoms in total. The molecule has 0 amide bonds. The van der Waals surface area contributed by atoms with Crippen LogP contribution in [0.2, 0.25) is 0 Å². The van der Waals surface area contributed by atoms with Crippen molar-refractivity contribution in [1.29, 1.82) is 0 Å². The number of thiophene rings is 1. The Morgan fingerprint density at radius 2 is 2.54 bits per heavy atom. The Balaban J connectivity index is 2.23. The first kappa shape index (κ1) is 10.3. The van der Waals surface area contributed by atoms with Crippen LogP contribution < -0.4 is 0 Å². The van der Waals surface area contributed by atoms with Gasteiger partial charge in [-0.1, -0.05) is 17.7 Å². The minimum absolute atomic E-state index is 0.236. The van der Waals surface area contributed by atoms with Crippen molar-refractivity contribution in [1.82, 2.24) is 0 Å². The molecular formula is C8H9ClO3S. The van der Waals surface area contributed by atoms with Crippen LogP contribution in [0.3, 0.4) is 0 Å². The van der Waals surface area contributed by atoms with Gasteiger partial charge in [-0.3, -0.25) is 0 Å². The molecule has 1 unspecified atom stereocenters. The van der Waals surface area contributed by atoms with E-state index >= 15 is 0 Å². The summed E-state index contributed by atoms with van der Waals surface area (Å²) in [6, 6.07) is 3.76. The fourth-order valence-electron chi connectivity index (χ4n) is 0.691. The van der Waals surface area contributed by atoms with E-state index in [9.17, 15) is 4.79 Å². The zero-order valence-electron chi connectivity index (χ0n) is 7.03. The summed E-state index contributed by atoms with van der Waals surface area (Å²) in [7, 11) is 0. The van der Waals surface area contributed by atoms with Crippen LogP contribution in [0.25, 0.3) is 0 Å². The van der Waals surface area contributed by atoms with Gasteiger partial charge in [0, 0.05) is 4.88 Å². The molecular weight excluding hydrogens is 212 g/mol. The van der Waals surface area contributed by atoms with E-state index in [0.717, 1.165) is 4.88 Å². The summed E-state index contributed by atoms with van der Waals surface area (Å²) in [4.78, 5) is 11.8. The zero-order valence-corrected chi connectivity index (χ0v) is 8.60. The van der Waals surface area contributed by atoms with Crippen LogP contribution in [0, 0.1) is 0 Å². The van der Waals surface area contributed by atoms with Gasteiger partial charge in [-0.2, -0.15) is 0 Å². The number of carbonyl (C=O) groups excluding carboxylic acids is 1. The number of hydrogen-bond acceptors (Lipinski definition) is 4. The Morgan fingerprint density at radius 3 is 3.08 bits per heavy atom. The highest BCUT2D eigenvalue weighted by Gasteiger charge is 2.07. The van der Waals surface area contributed by atoms with Gasteiger partial charge in [0.05, 0.1) is 0 Å². The number of hydrogen-bond donors (Lipinski definition) is 0. The molecule has 1 aromatic rings. The number of carbonyl (C=O) groups is 1. The topological polar surface area (TPSA) is 35.5 Å². The Labute approximate surface area is 85.2 Å². The number of halogens is 1. The summed E-state index contributed by atoms with van der Waals surface area (Å²) in [6.45, 7) is 1.79. The predicted octanol–water partition coefficient (Wildman–Crippen LogP) is 2.99. The number of alkyl halides is 1. The maximum absolute atomic E-state index is 10.8. The molecule has 0 saturated carbocycles. The van der Waals surface area contributed by atoms with Gasteiger partial charge < -0.3 is 9.47 Å². The lowest BCUT2D eigenvalue weighted by atomic mass is 10.5. The van der Waals surface area contributed by atoms with Crippen molar-refractivity contribution < 1.29 is 14.3 Å². The highest BCUT2D eigenvalue weighted by Crippen LogP contribution is 2.10. The summed E-state index contributed by atoms with van der Waals surface area (Å²) in [5, 5.41) is 1.91. The van der Waals surface area contributed by atoms with Gasteiger partial charge in [0.25, 0.3) is 0 Å². The number of ether oxygens (including phenoxy) is 2. The van der Waals surface area contributed by atoms with Crippen LogP contribution in [0.5, 0.6) is 0 Å². The molecule has 1 aromatic heterocycles. The largest absolute Gasteiger partial charge is 0.510 e. The van der Waals surface area contributed by atoms with Gasteiger partial charge in [0.1, 0.15) is 6.61 Å². The monoisotopic (exact) mass is 220 g/mol. The van der Waals surface area contributed by atoms with Crippen LogP contribution in [0.15, 0.2) is 17.5 Å². The first-order valence-corrected chi connectivity index (χ1v) is 5.00. The Morgan fingerprint density at radius 1 is 1.77 bits per heavy atom. The van der Waals surface area contributed by atoms with E-state index in [1.807, 2.05) is 17.5 Å². The van der Waals surface area contributed by atoms with Crippen molar-refractivity contribution in [3.8, 4) is 0 Å². The second-order valence-corrected chi connectivity index (χ2v) is 3.93. The van der Waals surface area contributed by atoms with E-state index in [0.29, 0.717) is 0 Å². The summed E-state index contributed by atoms with van der Waals surface area (Å²) in [5.41, 5.74) is -0.657. The second-order valence-electron chi connectivity index (χ2n) is 2.28. The molecule has 72 valence electrons. The van der Waals surface area contributed by atoms with Gasteiger partial charge in [-0.25, -0.2) is 4.79 Å². The summed E-state index contributed by atoms with van der Waals surface area (Å²) in [6.07, 6.45) is -0.740. The summed E-state index contributed by atoms with van der Waals surface area (Å²) < 4.78 is 9.32. The zero-order chi connectivity index (χ0) is 9.68. The molecule has 0 saturated heterocycles. The SMILES string of the molecule is CC(Cl)OC(=O)OCc1cccs1. The molecule has 0 aliphatic heterocycles. The standard InChI is InChI=1S/C8H9ClO3S/c1-6(9)12-8(10)11-5-7-3-2-4-13-7/h2-4,6H,5H2,1H3. The van der Waals surface area contributed by atoms with Gasteiger partial charge in [-0.05, 0) is 18.4 Å². The van der Waals surface area contributed by atoms with Gasteiger partial charge >= 0.3 is 6.16 Å². The molecule has 1 atom stereocenters. The molecule has 0 spiro atoms. The van der Waals surface area contributed by atoms with Crippen LogP contribution in [-0.2, 0) is 16.1 Å². The van der Waals surface area contributed by atoms with E-state index in [2.05, 4.69) is 4.74 Å². The third-order valence-electron chi connectivity index (χ3n) is 1.17. The normalized spacial score (nSPS) is 12.2. The van der Waals surface area contributed by atoms with Crippen molar-refractivity contribution in [2.24, 2.45) is 0 Å². The van der Waals surface area contributed by atoms with Crippen LogP contribution >= 0.6 is 22.9 Å². The van der Waals surface area contributed by atoms with Crippen LogP contribution in [-0.4, -0.2) is 11.7 Å². The van der Waals surface area contributed by atoms with E-state index in [1.165, 1.54) is 11.3 Å². The Bertz CT molecular complexity index is 258. The fourth-order valence-corrected chi connectivity index (χ4v) is 1.38. The van der Waals surface area contributed by atoms with Crippen LogP contribution in [0.1, 0.15) is 11.8 Å². The third kappa shape index (κ3) is 4.15. The summed E-state index contributed by atoms with van der Waals surface area (Å²) >= 11 is 6.93. The van der Waals surface area contributed by atoms with E-state index in [4.69, 9.17) is 16.3 Å². The molecule has 5 heteroatoms. The molecule has 1 heterocycles.